The van der Waals surface area contributed by atoms with Gasteiger partial charge >= 0.3 is 5.51 Å². The van der Waals surface area contributed by atoms with Crippen LogP contribution in [0.25, 0.3) is 0 Å². The number of thioether (sulfide) groups is 1. The molecule has 1 aromatic carbocycles. The Morgan fingerprint density at radius 3 is 2.47 bits per heavy atom. The van der Waals surface area contributed by atoms with E-state index in [0.29, 0.717) is 11.6 Å². The Morgan fingerprint density at radius 2 is 1.79 bits per heavy atom. The van der Waals surface area contributed by atoms with E-state index in [9.17, 15) is 13.2 Å². The summed E-state index contributed by atoms with van der Waals surface area (Å²) in [6.07, 6.45) is 6.14. The number of alkyl halides is 3. The van der Waals surface area contributed by atoms with E-state index in [2.05, 4.69) is 5.32 Å². The summed E-state index contributed by atoms with van der Waals surface area (Å²) < 4.78 is 37.4. The molecule has 106 valence electrons. The first-order valence-electron chi connectivity index (χ1n) is 6.63. The Bertz CT molecular complexity index is 400. The van der Waals surface area contributed by atoms with Gasteiger partial charge < -0.3 is 5.32 Å². The molecule has 1 N–H and O–H groups in total. The molecule has 0 aromatic heterocycles. The van der Waals surface area contributed by atoms with Gasteiger partial charge in [-0.2, -0.15) is 13.2 Å². The van der Waals surface area contributed by atoms with Crippen LogP contribution < -0.4 is 5.32 Å². The van der Waals surface area contributed by atoms with Gasteiger partial charge in [0, 0.05) is 17.1 Å². The number of rotatable bonds is 4. The largest absolute Gasteiger partial charge is 0.446 e. The second-order valence-corrected chi connectivity index (χ2v) is 6.04. The Kier molecular flexibility index (Phi) is 5.02. The van der Waals surface area contributed by atoms with Crippen LogP contribution in [0.3, 0.4) is 0 Å². The van der Waals surface area contributed by atoms with Crippen LogP contribution in [0, 0.1) is 5.92 Å². The zero-order valence-corrected chi connectivity index (χ0v) is 11.5. The predicted molar refractivity (Wildman–Crippen MR) is 73.4 cm³/mol. The van der Waals surface area contributed by atoms with Gasteiger partial charge in [-0.1, -0.05) is 31.4 Å². The molecule has 0 amide bonds. The highest BCUT2D eigenvalue weighted by atomic mass is 32.2. The van der Waals surface area contributed by atoms with Gasteiger partial charge in [0.05, 0.1) is 0 Å². The van der Waals surface area contributed by atoms with Gasteiger partial charge in [0.2, 0.25) is 0 Å². The Labute approximate surface area is 116 Å². The van der Waals surface area contributed by atoms with Crippen LogP contribution in [0.1, 0.15) is 32.1 Å². The number of halogens is 3. The maximum Gasteiger partial charge on any atom is 0.446 e. The van der Waals surface area contributed by atoms with Crippen molar-refractivity contribution in [3.8, 4) is 0 Å². The van der Waals surface area contributed by atoms with Crippen molar-refractivity contribution in [3.63, 3.8) is 0 Å². The zero-order valence-electron chi connectivity index (χ0n) is 10.7. The minimum absolute atomic E-state index is 0.0485. The molecule has 0 unspecified atom stereocenters. The van der Waals surface area contributed by atoms with Gasteiger partial charge in [0.15, 0.2) is 0 Å². The number of anilines is 1. The van der Waals surface area contributed by atoms with Gasteiger partial charge in [-0.3, -0.25) is 0 Å². The molecule has 1 nitrogen and oxygen atoms in total. The summed E-state index contributed by atoms with van der Waals surface area (Å²) >= 11 is -0.0485. The van der Waals surface area contributed by atoms with Crippen LogP contribution in [0.4, 0.5) is 18.9 Å². The quantitative estimate of drug-likeness (QED) is 0.756. The van der Waals surface area contributed by atoms with E-state index in [0.717, 1.165) is 6.54 Å². The molecule has 1 saturated carbocycles. The molecule has 1 aliphatic rings. The summed E-state index contributed by atoms with van der Waals surface area (Å²) in [5, 5.41) is 3.18. The first-order valence-corrected chi connectivity index (χ1v) is 7.45. The molecular weight excluding hydrogens is 271 g/mol. The molecule has 1 aliphatic carbocycles. The van der Waals surface area contributed by atoms with Crippen molar-refractivity contribution in [1.82, 2.24) is 0 Å². The van der Waals surface area contributed by atoms with Gasteiger partial charge in [-0.05, 0) is 42.7 Å². The lowest BCUT2D eigenvalue weighted by molar-refractivity contribution is -0.0327. The molecular formula is C14H18F3NS. The standard InChI is InChI=1S/C14H18F3NS/c15-14(16,17)19-13-9-5-4-8-12(13)18-10-11-6-2-1-3-7-11/h4-5,8-9,11,18H,1-3,6-7,10H2. The van der Waals surface area contributed by atoms with E-state index in [1.165, 1.54) is 38.2 Å². The maximum absolute atomic E-state index is 12.5. The van der Waals surface area contributed by atoms with Gasteiger partial charge in [0.1, 0.15) is 0 Å². The summed E-state index contributed by atoms with van der Waals surface area (Å²) in [4.78, 5) is 0.255. The molecule has 19 heavy (non-hydrogen) atoms. The highest BCUT2D eigenvalue weighted by Gasteiger charge is 2.30. The molecule has 1 aromatic rings. The number of nitrogens with one attached hydrogen (secondary N) is 1. The molecule has 0 saturated heterocycles. The fourth-order valence-electron chi connectivity index (χ4n) is 2.47. The number of hydrogen-bond donors (Lipinski definition) is 1. The van der Waals surface area contributed by atoms with Crippen molar-refractivity contribution in [2.24, 2.45) is 5.92 Å². The van der Waals surface area contributed by atoms with Crippen LogP contribution >= 0.6 is 11.8 Å². The number of benzene rings is 1. The molecule has 0 radical (unpaired) electrons. The lowest BCUT2D eigenvalue weighted by Gasteiger charge is -2.23. The lowest BCUT2D eigenvalue weighted by atomic mass is 9.89. The van der Waals surface area contributed by atoms with Crippen LogP contribution in [-0.4, -0.2) is 12.1 Å². The summed E-state index contributed by atoms with van der Waals surface area (Å²) in [5.74, 6) is 0.595. The number of para-hydroxylation sites is 1. The Hall–Kier alpha value is -0.840. The first kappa shape index (κ1) is 14.6. The average molecular weight is 289 g/mol. The predicted octanol–water partition coefficient (Wildman–Crippen LogP) is 5.29. The van der Waals surface area contributed by atoms with Crippen molar-refractivity contribution in [2.75, 3.05) is 11.9 Å². The molecule has 5 heteroatoms. The van der Waals surface area contributed by atoms with E-state index < -0.39 is 5.51 Å². The van der Waals surface area contributed by atoms with E-state index in [1.807, 2.05) is 0 Å². The SMILES string of the molecule is FC(F)(F)Sc1ccccc1NCC1CCCCC1. The summed E-state index contributed by atoms with van der Waals surface area (Å²) in [7, 11) is 0. The molecule has 0 bridgehead atoms. The smallest absolute Gasteiger partial charge is 0.384 e. The van der Waals surface area contributed by atoms with Gasteiger partial charge in [0.25, 0.3) is 0 Å². The van der Waals surface area contributed by atoms with Crippen molar-refractivity contribution >= 4 is 17.4 Å². The van der Waals surface area contributed by atoms with Crippen LogP contribution in [0.15, 0.2) is 29.2 Å². The van der Waals surface area contributed by atoms with Gasteiger partial charge in [-0.15, -0.1) is 0 Å². The second-order valence-electron chi connectivity index (χ2n) is 4.93. The Morgan fingerprint density at radius 1 is 1.11 bits per heavy atom. The summed E-state index contributed by atoms with van der Waals surface area (Å²) in [6, 6.07) is 6.64. The highest BCUT2D eigenvalue weighted by Crippen LogP contribution is 2.40. The molecule has 0 aliphatic heterocycles. The maximum atomic E-state index is 12.5. The van der Waals surface area contributed by atoms with Crippen LogP contribution in [-0.2, 0) is 0 Å². The highest BCUT2D eigenvalue weighted by molar-refractivity contribution is 8.00. The van der Waals surface area contributed by atoms with E-state index in [4.69, 9.17) is 0 Å². The van der Waals surface area contributed by atoms with Crippen LogP contribution in [0.2, 0.25) is 0 Å². The second kappa shape index (κ2) is 6.55. The van der Waals surface area contributed by atoms with Crippen LogP contribution in [0.5, 0.6) is 0 Å². The third-order valence-corrected chi connectivity index (χ3v) is 4.23. The first-order chi connectivity index (χ1) is 9.04. The number of hydrogen-bond acceptors (Lipinski definition) is 2. The fraction of sp³-hybridized carbons (Fsp3) is 0.571. The zero-order chi connectivity index (χ0) is 13.7. The molecule has 1 fully saturated rings. The minimum atomic E-state index is -4.23. The third kappa shape index (κ3) is 4.97. The monoisotopic (exact) mass is 289 g/mol. The van der Waals surface area contributed by atoms with Crippen molar-refractivity contribution in [3.05, 3.63) is 24.3 Å². The minimum Gasteiger partial charge on any atom is -0.384 e. The molecule has 0 spiro atoms. The summed E-state index contributed by atoms with van der Waals surface area (Å²) in [6.45, 7) is 0.773. The molecule has 0 heterocycles. The topological polar surface area (TPSA) is 12.0 Å². The third-order valence-electron chi connectivity index (χ3n) is 3.42. The van der Waals surface area contributed by atoms with Gasteiger partial charge in [-0.25, -0.2) is 0 Å². The average Bonchev–Trinajstić information content (AvgIpc) is 2.37. The Balaban J connectivity index is 1.95. The van der Waals surface area contributed by atoms with Crippen molar-refractivity contribution in [1.29, 1.82) is 0 Å². The van der Waals surface area contributed by atoms with E-state index >= 15 is 0 Å². The van der Waals surface area contributed by atoms with Crippen molar-refractivity contribution in [2.45, 2.75) is 42.5 Å². The summed E-state index contributed by atoms with van der Waals surface area (Å²) in [5.41, 5.74) is -3.64. The molecule has 2 rings (SSSR count). The lowest BCUT2D eigenvalue weighted by Crippen LogP contribution is -2.17. The molecule has 0 atom stereocenters. The fourth-order valence-corrected chi connectivity index (χ4v) is 3.12. The van der Waals surface area contributed by atoms with E-state index in [-0.39, 0.29) is 16.7 Å². The normalized spacial score (nSPS) is 17.4. The van der Waals surface area contributed by atoms with Crippen molar-refractivity contribution < 1.29 is 13.2 Å². The van der Waals surface area contributed by atoms with E-state index in [1.54, 1.807) is 18.2 Å².